The van der Waals surface area contributed by atoms with Gasteiger partial charge in [-0.25, -0.2) is 0 Å². The second kappa shape index (κ2) is 63.3. The third-order valence-electron chi connectivity index (χ3n) is 12.2. The molecule has 0 spiro atoms. The fraction of sp³-hybridized carbons (Fsp3) is 0.563. The first-order chi connectivity index (χ1) is 38.0. The summed E-state index contributed by atoms with van der Waals surface area (Å²) in [6.45, 7) is 6.32. The lowest BCUT2D eigenvalue weighted by atomic mass is 10.1. The van der Waals surface area contributed by atoms with E-state index in [1.165, 1.54) is 38.5 Å². The summed E-state index contributed by atoms with van der Waals surface area (Å²) in [4.78, 5) is 38.1. The van der Waals surface area contributed by atoms with Crippen molar-refractivity contribution in [2.75, 3.05) is 13.2 Å². The highest BCUT2D eigenvalue weighted by Gasteiger charge is 2.19. The standard InChI is InChI=1S/C71H110O6/c1-4-7-10-13-16-19-21-23-25-27-29-31-32-33-34-35-36-37-38-40-41-43-45-47-49-52-55-58-61-64-70(73)76-67-68(66-75-69(72)63-60-57-54-51-18-15-12-9-6-3)77-71(74)65-62-59-56-53-50-48-46-44-42-39-30-28-26-24-22-20-17-14-11-8-5-2/h7-8,10-11,16-17,19-20,23-26,29-31,33-34,36-37,39-41,44-47,50,53,68H,4-6,9,12-15,18,21-22,27-28,32,35,38,42-43,48-49,51-52,54-67H2,1-3H3/b10-7-,11-8-,19-16-,20-17-,25-23-,26-24-,31-29-,34-33-,37-36-,39-30-,41-40-,46-44-,47-45-,53-50-. The van der Waals surface area contributed by atoms with E-state index in [2.05, 4.69) is 191 Å². The van der Waals surface area contributed by atoms with Crippen LogP contribution < -0.4 is 0 Å². The molecule has 1 unspecified atom stereocenters. The average molecular weight is 1060 g/mol. The molecule has 6 nitrogen and oxygen atoms in total. The van der Waals surface area contributed by atoms with E-state index >= 15 is 0 Å². The number of allylic oxidation sites excluding steroid dienone is 28. The van der Waals surface area contributed by atoms with Gasteiger partial charge in [0.1, 0.15) is 13.2 Å². The van der Waals surface area contributed by atoms with Crippen LogP contribution in [-0.4, -0.2) is 37.2 Å². The number of rotatable bonds is 53. The molecule has 430 valence electrons. The minimum atomic E-state index is -0.819. The Morgan fingerprint density at radius 1 is 0.273 bits per heavy atom. The van der Waals surface area contributed by atoms with Crippen molar-refractivity contribution >= 4 is 17.9 Å². The molecule has 6 heteroatoms. The van der Waals surface area contributed by atoms with Gasteiger partial charge in [-0.05, 0) is 135 Å². The van der Waals surface area contributed by atoms with Crippen molar-refractivity contribution in [3.8, 4) is 0 Å². The van der Waals surface area contributed by atoms with Gasteiger partial charge in [-0.3, -0.25) is 14.4 Å². The van der Waals surface area contributed by atoms with Crippen LogP contribution >= 0.6 is 0 Å². The number of carbonyl (C=O) groups is 3. The van der Waals surface area contributed by atoms with Crippen LogP contribution in [0, 0.1) is 0 Å². The zero-order valence-corrected chi connectivity index (χ0v) is 49.1. The first kappa shape index (κ1) is 71.8. The largest absolute Gasteiger partial charge is 0.462 e. The second-order valence-corrected chi connectivity index (χ2v) is 19.5. The molecule has 0 rings (SSSR count). The maximum absolute atomic E-state index is 12.8. The summed E-state index contributed by atoms with van der Waals surface area (Å²) in [5.41, 5.74) is 0. The zero-order chi connectivity index (χ0) is 55.7. The maximum Gasteiger partial charge on any atom is 0.306 e. The Hall–Kier alpha value is -5.23. The lowest BCUT2D eigenvalue weighted by Crippen LogP contribution is -2.30. The molecular weight excluding hydrogens is 949 g/mol. The Morgan fingerprint density at radius 3 is 0.818 bits per heavy atom. The monoisotopic (exact) mass is 1060 g/mol. The molecule has 0 aromatic carbocycles. The quantitative estimate of drug-likeness (QED) is 0.0261. The van der Waals surface area contributed by atoms with Gasteiger partial charge in [0, 0.05) is 19.3 Å². The van der Waals surface area contributed by atoms with Gasteiger partial charge in [0.25, 0.3) is 0 Å². The smallest absolute Gasteiger partial charge is 0.306 e. The first-order valence-electron chi connectivity index (χ1n) is 30.6. The van der Waals surface area contributed by atoms with Crippen LogP contribution in [0.25, 0.3) is 0 Å². The molecule has 1 atom stereocenters. The van der Waals surface area contributed by atoms with Gasteiger partial charge in [0.05, 0.1) is 0 Å². The van der Waals surface area contributed by atoms with E-state index in [1.54, 1.807) is 0 Å². The van der Waals surface area contributed by atoms with Crippen LogP contribution in [0.15, 0.2) is 170 Å². The second-order valence-electron chi connectivity index (χ2n) is 19.5. The Bertz CT molecular complexity index is 1790. The minimum Gasteiger partial charge on any atom is -0.462 e. The van der Waals surface area contributed by atoms with Crippen molar-refractivity contribution in [3.63, 3.8) is 0 Å². The first-order valence-corrected chi connectivity index (χ1v) is 30.6. The summed E-state index contributed by atoms with van der Waals surface area (Å²) >= 11 is 0. The van der Waals surface area contributed by atoms with Crippen molar-refractivity contribution in [3.05, 3.63) is 170 Å². The molecule has 77 heavy (non-hydrogen) atoms. The van der Waals surface area contributed by atoms with E-state index in [4.69, 9.17) is 14.2 Å². The zero-order valence-electron chi connectivity index (χ0n) is 49.1. The van der Waals surface area contributed by atoms with Crippen LogP contribution in [-0.2, 0) is 28.6 Å². The van der Waals surface area contributed by atoms with Gasteiger partial charge in [-0.2, -0.15) is 0 Å². The van der Waals surface area contributed by atoms with Gasteiger partial charge in [0.15, 0.2) is 6.10 Å². The molecule has 0 saturated heterocycles. The van der Waals surface area contributed by atoms with Crippen LogP contribution in [0.4, 0.5) is 0 Å². The number of hydrogen-bond donors (Lipinski definition) is 0. The normalized spacial score (nSPS) is 13.3. The van der Waals surface area contributed by atoms with Gasteiger partial charge in [-0.1, -0.05) is 255 Å². The van der Waals surface area contributed by atoms with E-state index in [9.17, 15) is 14.4 Å². The van der Waals surface area contributed by atoms with Crippen molar-refractivity contribution < 1.29 is 28.6 Å². The molecule has 0 fully saturated rings. The van der Waals surface area contributed by atoms with Gasteiger partial charge in [0.2, 0.25) is 0 Å². The van der Waals surface area contributed by atoms with E-state index in [0.717, 1.165) is 154 Å². The summed E-state index contributed by atoms with van der Waals surface area (Å²) in [5, 5.41) is 0. The topological polar surface area (TPSA) is 78.9 Å². The van der Waals surface area contributed by atoms with Crippen LogP contribution in [0.1, 0.15) is 239 Å². The van der Waals surface area contributed by atoms with Gasteiger partial charge < -0.3 is 14.2 Å². The van der Waals surface area contributed by atoms with E-state index in [0.29, 0.717) is 19.3 Å². The number of carbonyl (C=O) groups excluding carboxylic acids is 3. The summed E-state index contributed by atoms with van der Waals surface area (Å²) in [6, 6.07) is 0. The number of ether oxygens (including phenoxy) is 3. The number of esters is 3. The highest BCUT2D eigenvalue weighted by atomic mass is 16.6. The summed E-state index contributed by atoms with van der Waals surface area (Å²) in [6.07, 6.45) is 93.6. The highest BCUT2D eigenvalue weighted by molar-refractivity contribution is 5.71. The fourth-order valence-electron chi connectivity index (χ4n) is 7.69. The SMILES string of the molecule is CC/C=C\C/C=C\C/C=C\C/C=C\C/C=C\C/C=C\C/C=C\C/C=C\CCCCCCC(=O)OCC(COC(=O)CCCCCCCCCCC)OC(=O)CCCC/C=C\C/C=C\C/C=C\C/C=C\C/C=C\C/C=C\CC. The van der Waals surface area contributed by atoms with Crippen LogP contribution in [0.3, 0.4) is 0 Å². The third-order valence-corrected chi connectivity index (χ3v) is 12.2. The van der Waals surface area contributed by atoms with Gasteiger partial charge >= 0.3 is 17.9 Å². The molecule has 0 saturated carbocycles. The fourth-order valence-corrected chi connectivity index (χ4v) is 7.69. The maximum atomic E-state index is 12.8. The summed E-state index contributed by atoms with van der Waals surface area (Å²) in [5.74, 6) is -0.992. The van der Waals surface area contributed by atoms with E-state index in [-0.39, 0.29) is 37.5 Å². The molecule has 0 aromatic rings. The summed E-state index contributed by atoms with van der Waals surface area (Å²) in [7, 11) is 0. The van der Waals surface area contributed by atoms with Crippen LogP contribution in [0.5, 0.6) is 0 Å². The van der Waals surface area contributed by atoms with Crippen LogP contribution in [0.2, 0.25) is 0 Å². The molecule has 0 aromatic heterocycles. The molecule has 0 amide bonds. The van der Waals surface area contributed by atoms with Crippen molar-refractivity contribution in [1.29, 1.82) is 0 Å². The molecule has 0 bridgehead atoms. The Kier molecular flexibility index (Phi) is 59.0. The molecule has 0 heterocycles. The molecule has 0 aliphatic heterocycles. The molecule has 0 aliphatic rings. The lowest BCUT2D eigenvalue weighted by Gasteiger charge is -2.18. The number of unbranched alkanes of at least 4 members (excludes halogenated alkanes) is 14. The van der Waals surface area contributed by atoms with Crippen molar-refractivity contribution in [2.45, 2.75) is 245 Å². The Balaban J connectivity index is 4.41. The predicted octanol–water partition coefficient (Wildman–Crippen LogP) is 21.1. The van der Waals surface area contributed by atoms with E-state index < -0.39 is 6.10 Å². The predicted molar refractivity (Wildman–Crippen MR) is 334 cm³/mol. The molecule has 0 radical (unpaired) electrons. The highest BCUT2D eigenvalue weighted by Crippen LogP contribution is 2.13. The molecular formula is C71H110O6. The average Bonchev–Trinajstić information content (AvgIpc) is 3.43. The summed E-state index contributed by atoms with van der Waals surface area (Å²) < 4.78 is 16.8. The van der Waals surface area contributed by atoms with Crippen molar-refractivity contribution in [1.82, 2.24) is 0 Å². The third kappa shape index (κ3) is 61.5. The minimum absolute atomic E-state index is 0.111. The number of hydrogen-bond acceptors (Lipinski definition) is 6. The Labute approximate surface area is 472 Å². The Morgan fingerprint density at radius 2 is 0.506 bits per heavy atom. The lowest BCUT2D eigenvalue weighted by molar-refractivity contribution is -0.167. The van der Waals surface area contributed by atoms with Gasteiger partial charge in [-0.15, -0.1) is 0 Å². The van der Waals surface area contributed by atoms with Crippen molar-refractivity contribution in [2.24, 2.45) is 0 Å². The molecule has 0 aliphatic carbocycles. The van der Waals surface area contributed by atoms with E-state index in [1.807, 2.05) is 0 Å². The molecule has 0 N–H and O–H groups in total.